The highest BCUT2D eigenvalue weighted by molar-refractivity contribution is 8.80. The summed E-state index contributed by atoms with van der Waals surface area (Å²) >= 11 is 0. The molecule has 50 valence electrons. The Balaban J connectivity index is 2.53. The van der Waals surface area contributed by atoms with Gasteiger partial charge in [-0.1, -0.05) is 47.7 Å². The van der Waals surface area contributed by atoms with Crippen LogP contribution in [0, 0.1) is 0 Å². The fraction of sp³-hybridized carbons (Fsp3) is 0. The molecule has 0 rings (SSSR count). The molecule has 0 aromatic heterocycles. The van der Waals surface area contributed by atoms with E-state index in [0.717, 1.165) is 15.9 Å². The minimum Gasteiger partial charge on any atom is -0.110 e. The van der Waals surface area contributed by atoms with Gasteiger partial charge < -0.3 is 0 Å². The normalized spacial score (nSPS) is 18.8. The quantitative estimate of drug-likeness (QED) is 0.511. The van der Waals surface area contributed by atoms with E-state index >= 15 is 0 Å². The Morgan fingerprint density at radius 2 is 1.00 bits per heavy atom. The molecule has 0 radical (unpaired) electrons. The van der Waals surface area contributed by atoms with E-state index in [1.54, 1.807) is 0 Å². The van der Waals surface area contributed by atoms with E-state index < -0.39 is 0 Å². The van der Waals surface area contributed by atoms with E-state index in [2.05, 4.69) is 17.9 Å². The van der Waals surface area contributed by atoms with Crippen molar-refractivity contribution in [2.24, 2.45) is 0 Å². The molecule has 0 heterocycles. The minimum atomic E-state index is 1.13. The van der Waals surface area contributed by atoms with Gasteiger partial charge in [0.25, 0.3) is 0 Å². The van der Waals surface area contributed by atoms with Crippen LogP contribution in [0.3, 0.4) is 0 Å². The van der Waals surface area contributed by atoms with Crippen molar-refractivity contribution in [1.82, 2.24) is 0 Å². The van der Waals surface area contributed by atoms with Gasteiger partial charge >= 0.3 is 0 Å². The molecular weight excluding hydrogens is 248 g/mol. The topological polar surface area (TPSA) is 0 Å². The summed E-state index contributed by atoms with van der Waals surface area (Å²) in [6, 6.07) is 0. The summed E-state index contributed by atoms with van der Waals surface area (Å²) in [7, 11) is 13.0. The van der Waals surface area contributed by atoms with Gasteiger partial charge in [0.2, 0.25) is 0 Å². The van der Waals surface area contributed by atoms with E-state index in [1.807, 2.05) is 0 Å². The van der Waals surface area contributed by atoms with Gasteiger partial charge in [-0.2, -0.15) is 0 Å². The van der Waals surface area contributed by atoms with Crippen molar-refractivity contribution in [3.05, 3.63) is 0 Å². The molecule has 0 saturated carbocycles. The first-order chi connectivity index (χ1) is 3.91. The van der Waals surface area contributed by atoms with Crippen molar-refractivity contribution in [1.29, 1.82) is 0 Å². The van der Waals surface area contributed by atoms with Gasteiger partial charge in [0.05, 0.1) is 0 Å². The highest BCUT2D eigenvalue weighted by Crippen LogP contribution is 2.74. The van der Waals surface area contributed by atoms with E-state index in [9.17, 15) is 0 Å². The fourth-order valence-electron chi connectivity index (χ4n) is 0.135. The van der Waals surface area contributed by atoms with Crippen molar-refractivity contribution in [2.45, 2.75) is 0 Å². The van der Waals surface area contributed by atoms with Crippen LogP contribution >= 0.6 is 65.6 Å². The lowest BCUT2D eigenvalue weighted by Crippen LogP contribution is -1.02. The fourth-order valence-corrected chi connectivity index (χ4v) is 32.7. The molecule has 8 heteroatoms. The van der Waals surface area contributed by atoms with Gasteiger partial charge in [0.15, 0.2) is 0 Å². The second-order valence-electron chi connectivity index (χ2n) is 0.789. The predicted octanol–water partition coefficient (Wildman–Crippen LogP) is 4.21. The smallest absolute Gasteiger partial charge is 0.0677 e. The molecule has 0 aromatic rings. The summed E-state index contributed by atoms with van der Waals surface area (Å²) in [5.74, 6) is 0. The van der Waals surface area contributed by atoms with E-state index in [0.29, 0.717) is 0 Å². The Bertz CT molecular complexity index is 25.0. The van der Waals surface area contributed by atoms with Crippen LogP contribution < -0.4 is 0 Å². The van der Waals surface area contributed by atoms with Crippen LogP contribution in [-0.2, 0) is 0 Å². The molecule has 0 fully saturated rings. The van der Waals surface area contributed by atoms with Crippen LogP contribution in [0.1, 0.15) is 0 Å². The molecule has 0 N–H and O–H groups in total. The third-order valence-corrected chi connectivity index (χ3v) is 26.9. The van der Waals surface area contributed by atoms with Crippen molar-refractivity contribution in [2.75, 3.05) is 0 Å². The zero-order valence-corrected chi connectivity index (χ0v) is 12.5. The summed E-state index contributed by atoms with van der Waals surface area (Å²) < 4.78 is 0. The number of hydrogen-bond acceptors (Lipinski definition) is 0. The first-order valence-corrected chi connectivity index (χ1v) is 16.4. The highest BCUT2D eigenvalue weighted by atomic mass is 32.9. The van der Waals surface area contributed by atoms with E-state index in [1.165, 1.54) is 31.8 Å². The molecule has 0 aliphatic carbocycles. The van der Waals surface area contributed by atoms with Crippen molar-refractivity contribution < 1.29 is 0 Å². The Kier molecular flexibility index (Phi) is 14.9. The molecule has 8 atom stereocenters. The second kappa shape index (κ2) is 10.4. The molecule has 0 aliphatic rings. The lowest BCUT2D eigenvalue weighted by atomic mass is 29.1. The van der Waals surface area contributed by atoms with E-state index in [4.69, 9.17) is 0 Å². The monoisotopic (exact) mass is 258 g/mol. The van der Waals surface area contributed by atoms with Crippen LogP contribution in [0.25, 0.3) is 0 Å². The zero-order valence-electron chi connectivity index (χ0n) is 4.15. The number of rotatable bonds is 5. The van der Waals surface area contributed by atoms with Crippen LogP contribution in [0.5, 0.6) is 0 Å². The first-order valence-electron chi connectivity index (χ1n) is 1.83. The lowest BCUT2D eigenvalue weighted by Gasteiger charge is -1.95. The maximum atomic E-state index is 2.82. The van der Waals surface area contributed by atoms with E-state index in [-0.39, 0.29) is 0 Å². The Morgan fingerprint density at radius 1 is 0.625 bits per heavy atom. The molecule has 0 saturated heterocycles. The molecule has 8 unspecified atom stereocenters. The summed E-state index contributed by atoms with van der Waals surface area (Å²) in [6.07, 6.45) is 0. The summed E-state index contributed by atoms with van der Waals surface area (Å²) in [4.78, 5) is 0. The molecular formula is H10P8. The molecule has 0 spiro atoms. The van der Waals surface area contributed by atoms with Gasteiger partial charge in [-0.25, -0.2) is 0 Å². The highest BCUT2D eigenvalue weighted by Gasteiger charge is 1.81. The van der Waals surface area contributed by atoms with Crippen LogP contribution in [0.15, 0.2) is 0 Å². The average molecular weight is 258 g/mol. The van der Waals surface area contributed by atoms with Gasteiger partial charge in [-0.3, -0.25) is 0 Å². The molecule has 0 aromatic carbocycles. The van der Waals surface area contributed by atoms with Crippen LogP contribution in [-0.4, -0.2) is 0 Å². The van der Waals surface area contributed by atoms with Crippen LogP contribution in [0.2, 0.25) is 0 Å². The molecule has 0 amide bonds. The minimum absolute atomic E-state index is 1.13. The maximum Gasteiger partial charge on any atom is -0.0677 e. The third-order valence-electron chi connectivity index (χ3n) is 0.332. The van der Waals surface area contributed by atoms with Gasteiger partial charge in [0, 0.05) is 0 Å². The molecule has 0 nitrogen and oxygen atoms in total. The second-order valence-corrected chi connectivity index (χ2v) is 21.3. The standard InChI is InChI=1S/H10P8/c1-3-5-7-8-6-4-2/h3-8H,1-2H2. The van der Waals surface area contributed by atoms with Crippen molar-refractivity contribution >= 4 is 65.6 Å². The van der Waals surface area contributed by atoms with Crippen LogP contribution in [0.4, 0.5) is 0 Å². The Labute approximate surface area is 65.8 Å². The largest absolute Gasteiger partial charge is 0.110 e. The van der Waals surface area contributed by atoms with Crippen molar-refractivity contribution in [3.8, 4) is 0 Å². The average Bonchev–Trinajstić information content (AvgIpc) is 1.81. The molecule has 8 heavy (non-hydrogen) atoms. The first kappa shape index (κ1) is 11.4. The summed E-state index contributed by atoms with van der Waals surface area (Å²) in [5.41, 5.74) is 0. The van der Waals surface area contributed by atoms with Crippen molar-refractivity contribution in [3.63, 3.8) is 0 Å². The predicted molar refractivity (Wildman–Crippen MR) is 69.3 cm³/mol. The SMILES string of the molecule is PPPPPPPP. The van der Waals surface area contributed by atoms with Gasteiger partial charge in [-0.15, -0.1) is 17.9 Å². The lowest BCUT2D eigenvalue weighted by molar-refractivity contribution is 5.04. The molecule has 0 aliphatic heterocycles. The summed E-state index contributed by atoms with van der Waals surface area (Å²) in [5, 5.41) is 0. The zero-order chi connectivity index (χ0) is 6.24. The van der Waals surface area contributed by atoms with Gasteiger partial charge in [0.1, 0.15) is 0 Å². The maximum absolute atomic E-state index is 2.82. The Morgan fingerprint density at radius 3 is 1.25 bits per heavy atom. The molecule has 0 bridgehead atoms. The Hall–Kier alpha value is 3.44. The number of hydrogen-bond donors (Lipinski definition) is 0. The van der Waals surface area contributed by atoms with Gasteiger partial charge in [-0.05, 0) is 0 Å². The summed E-state index contributed by atoms with van der Waals surface area (Å²) in [6.45, 7) is 0. The third kappa shape index (κ3) is 9.44.